The third-order valence-electron chi connectivity index (χ3n) is 3.91. The lowest BCUT2D eigenvalue weighted by atomic mass is 10.1. The van der Waals surface area contributed by atoms with Gasteiger partial charge < -0.3 is 5.32 Å². The van der Waals surface area contributed by atoms with Crippen molar-refractivity contribution < 1.29 is 4.79 Å². The standard InChI is InChI=1S/C14H20N6O/c1-10-3-4-11(2)20(10)17-14(21)13-9-19(18-16-13)12-5-7-15-8-6-12/h3-4,9,12,15H,5-8H2,1-2H3,(H,17,21). The van der Waals surface area contributed by atoms with Crippen molar-refractivity contribution in [2.24, 2.45) is 0 Å². The highest BCUT2D eigenvalue weighted by molar-refractivity contribution is 5.98. The molecule has 0 aromatic carbocycles. The number of nitrogens with one attached hydrogen (secondary N) is 2. The lowest BCUT2D eigenvalue weighted by Gasteiger charge is -2.22. The SMILES string of the molecule is Cc1ccc(C)n1NC(=O)c1cn(C2CCNCC2)nn1. The maximum Gasteiger partial charge on any atom is 0.292 e. The molecule has 7 heteroatoms. The Balaban J connectivity index is 1.72. The topological polar surface area (TPSA) is 76.8 Å². The number of hydrogen-bond acceptors (Lipinski definition) is 4. The molecule has 112 valence electrons. The number of aromatic nitrogens is 4. The molecule has 1 amide bonds. The van der Waals surface area contributed by atoms with Crippen LogP contribution in [0.15, 0.2) is 18.3 Å². The minimum absolute atomic E-state index is 0.238. The fourth-order valence-electron chi connectivity index (χ4n) is 2.63. The zero-order chi connectivity index (χ0) is 14.8. The second-order valence-corrected chi connectivity index (χ2v) is 5.46. The molecule has 0 unspecified atom stereocenters. The summed E-state index contributed by atoms with van der Waals surface area (Å²) < 4.78 is 3.57. The predicted molar refractivity (Wildman–Crippen MR) is 78.8 cm³/mol. The van der Waals surface area contributed by atoms with Gasteiger partial charge in [-0.05, 0) is 51.9 Å². The van der Waals surface area contributed by atoms with Crippen molar-refractivity contribution in [3.63, 3.8) is 0 Å². The van der Waals surface area contributed by atoms with Gasteiger partial charge >= 0.3 is 0 Å². The van der Waals surface area contributed by atoms with Crippen LogP contribution in [-0.2, 0) is 0 Å². The van der Waals surface area contributed by atoms with Crippen LogP contribution < -0.4 is 10.7 Å². The molecule has 7 nitrogen and oxygen atoms in total. The van der Waals surface area contributed by atoms with Gasteiger partial charge in [-0.2, -0.15) is 0 Å². The zero-order valence-corrected chi connectivity index (χ0v) is 12.3. The molecule has 21 heavy (non-hydrogen) atoms. The molecule has 1 aliphatic rings. The van der Waals surface area contributed by atoms with Crippen LogP contribution in [-0.4, -0.2) is 38.7 Å². The first kappa shape index (κ1) is 13.8. The summed E-state index contributed by atoms with van der Waals surface area (Å²) in [7, 11) is 0. The molecule has 0 bridgehead atoms. The first-order chi connectivity index (χ1) is 10.1. The summed E-state index contributed by atoms with van der Waals surface area (Å²) >= 11 is 0. The van der Waals surface area contributed by atoms with E-state index in [1.54, 1.807) is 10.9 Å². The summed E-state index contributed by atoms with van der Waals surface area (Å²) in [6.07, 6.45) is 3.76. The molecule has 3 rings (SSSR count). The van der Waals surface area contributed by atoms with Gasteiger partial charge in [0.05, 0.1) is 12.2 Å². The normalized spacial score (nSPS) is 16.1. The number of nitrogens with zero attached hydrogens (tertiary/aromatic N) is 4. The summed E-state index contributed by atoms with van der Waals surface area (Å²) in [5, 5.41) is 11.4. The van der Waals surface area contributed by atoms with Gasteiger partial charge in [-0.1, -0.05) is 5.21 Å². The zero-order valence-electron chi connectivity index (χ0n) is 12.3. The van der Waals surface area contributed by atoms with Gasteiger partial charge in [-0.15, -0.1) is 5.10 Å². The number of amides is 1. The number of aryl methyl sites for hydroxylation is 2. The van der Waals surface area contributed by atoms with Gasteiger partial charge in [-0.25, -0.2) is 4.68 Å². The van der Waals surface area contributed by atoms with Crippen molar-refractivity contribution in [2.75, 3.05) is 18.5 Å². The largest absolute Gasteiger partial charge is 0.317 e. The Hall–Kier alpha value is -2.15. The number of carbonyl (C=O) groups excluding carboxylic acids is 1. The molecule has 0 atom stereocenters. The van der Waals surface area contributed by atoms with E-state index in [9.17, 15) is 4.79 Å². The van der Waals surface area contributed by atoms with Crippen molar-refractivity contribution in [1.82, 2.24) is 25.0 Å². The van der Waals surface area contributed by atoms with Gasteiger partial charge in [0.1, 0.15) is 0 Å². The second-order valence-electron chi connectivity index (χ2n) is 5.46. The van der Waals surface area contributed by atoms with Crippen LogP contribution in [0.4, 0.5) is 0 Å². The molecule has 1 saturated heterocycles. The molecule has 2 aromatic heterocycles. The van der Waals surface area contributed by atoms with E-state index in [1.807, 2.05) is 30.7 Å². The fourth-order valence-corrected chi connectivity index (χ4v) is 2.63. The number of rotatable bonds is 3. The van der Waals surface area contributed by atoms with E-state index in [0.29, 0.717) is 11.7 Å². The Labute approximate surface area is 123 Å². The maximum atomic E-state index is 12.3. The van der Waals surface area contributed by atoms with Crippen LogP contribution in [0.25, 0.3) is 0 Å². The van der Waals surface area contributed by atoms with Crippen molar-refractivity contribution in [3.8, 4) is 0 Å². The number of carbonyl (C=O) groups is 1. The summed E-state index contributed by atoms with van der Waals surface area (Å²) in [6, 6.07) is 4.25. The van der Waals surface area contributed by atoms with E-state index in [0.717, 1.165) is 37.3 Å². The first-order valence-corrected chi connectivity index (χ1v) is 7.24. The maximum absolute atomic E-state index is 12.3. The highest BCUT2D eigenvalue weighted by atomic mass is 16.2. The Kier molecular flexibility index (Phi) is 3.74. The third kappa shape index (κ3) is 2.82. The summed E-state index contributed by atoms with van der Waals surface area (Å²) in [4.78, 5) is 12.3. The Morgan fingerprint density at radius 2 is 1.95 bits per heavy atom. The number of piperidine rings is 1. The molecule has 0 aliphatic carbocycles. The van der Waals surface area contributed by atoms with E-state index in [4.69, 9.17) is 0 Å². The van der Waals surface area contributed by atoms with E-state index in [2.05, 4.69) is 21.1 Å². The molecule has 2 aromatic rings. The van der Waals surface area contributed by atoms with Gasteiger partial charge in [0.25, 0.3) is 5.91 Å². The summed E-state index contributed by atoms with van der Waals surface area (Å²) in [5.74, 6) is -0.238. The lowest BCUT2D eigenvalue weighted by molar-refractivity contribution is 0.100. The van der Waals surface area contributed by atoms with Crippen LogP contribution in [0, 0.1) is 13.8 Å². The van der Waals surface area contributed by atoms with Crippen molar-refractivity contribution in [3.05, 3.63) is 35.4 Å². The van der Waals surface area contributed by atoms with Crippen molar-refractivity contribution in [2.45, 2.75) is 32.7 Å². The molecule has 0 spiro atoms. The second kappa shape index (κ2) is 5.69. The Morgan fingerprint density at radius 1 is 1.29 bits per heavy atom. The van der Waals surface area contributed by atoms with Crippen LogP contribution in [0.2, 0.25) is 0 Å². The Morgan fingerprint density at radius 3 is 2.62 bits per heavy atom. The highest BCUT2D eigenvalue weighted by Crippen LogP contribution is 2.17. The average Bonchev–Trinajstić information content (AvgIpc) is 3.11. The van der Waals surface area contributed by atoms with E-state index >= 15 is 0 Å². The van der Waals surface area contributed by atoms with Crippen LogP contribution in [0.3, 0.4) is 0 Å². The van der Waals surface area contributed by atoms with Crippen molar-refractivity contribution >= 4 is 5.91 Å². The molecule has 1 aliphatic heterocycles. The molecule has 0 saturated carbocycles. The van der Waals surface area contributed by atoms with Gasteiger partial charge in [0.2, 0.25) is 0 Å². The Bertz CT molecular complexity index is 618. The molecule has 1 fully saturated rings. The quantitative estimate of drug-likeness (QED) is 0.883. The van der Waals surface area contributed by atoms with E-state index < -0.39 is 0 Å². The summed E-state index contributed by atoms with van der Waals surface area (Å²) in [6.45, 7) is 5.85. The first-order valence-electron chi connectivity index (χ1n) is 7.24. The number of hydrogen-bond donors (Lipinski definition) is 2. The van der Waals surface area contributed by atoms with Gasteiger partial charge in [0.15, 0.2) is 5.69 Å². The minimum atomic E-state index is -0.238. The fraction of sp³-hybridized carbons (Fsp3) is 0.500. The molecule has 2 N–H and O–H groups in total. The average molecular weight is 288 g/mol. The molecule has 3 heterocycles. The monoisotopic (exact) mass is 288 g/mol. The van der Waals surface area contributed by atoms with Gasteiger partial charge in [0, 0.05) is 11.4 Å². The van der Waals surface area contributed by atoms with Crippen LogP contribution in [0.5, 0.6) is 0 Å². The van der Waals surface area contributed by atoms with E-state index in [-0.39, 0.29) is 5.91 Å². The lowest BCUT2D eigenvalue weighted by Crippen LogP contribution is -2.29. The molecular formula is C14H20N6O. The molecular weight excluding hydrogens is 268 g/mol. The van der Waals surface area contributed by atoms with Crippen LogP contribution >= 0.6 is 0 Å². The van der Waals surface area contributed by atoms with Gasteiger partial charge in [-0.3, -0.25) is 14.9 Å². The molecule has 0 radical (unpaired) electrons. The smallest absolute Gasteiger partial charge is 0.292 e. The summed E-state index contributed by atoms with van der Waals surface area (Å²) in [5.41, 5.74) is 5.15. The highest BCUT2D eigenvalue weighted by Gasteiger charge is 2.19. The predicted octanol–water partition coefficient (Wildman–Crippen LogP) is 1.00. The van der Waals surface area contributed by atoms with E-state index in [1.165, 1.54) is 0 Å². The van der Waals surface area contributed by atoms with Crippen molar-refractivity contribution in [1.29, 1.82) is 0 Å². The van der Waals surface area contributed by atoms with Crippen LogP contribution in [0.1, 0.15) is 40.8 Å². The minimum Gasteiger partial charge on any atom is -0.317 e. The third-order valence-corrected chi connectivity index (χ3v) is 3.91.